The second kappa shape index (κ2) is 6.08. The van der Waals surface area contributed by atoms with Crippen LogP contribution in [-0.4, -0.2) is 17.9 Å². The zero-order chi connectivity index (χ0) is 16.4. The summed E-state index contributed by atoms with van der Waals surface area (Å²) in [4.78, 5) is 12.2. The lowest BCUT2D eigenvalue weighted by Gasteiger charge is -2.03. The van der Waals surface area contributed by atoms with Crippen LogP contribution in [0.2, 0.25) is 0 Å². The number of ether oxygens (including phenoxy) is 2. The van der Waals surface area contributed by atoms with Crippen molar-refractivity contribution in [2.45, 2.75) is 6.54 Å². The number of rotatable bonds is 4. The summed E-state index contributed by atoms with van der Waals surface area (Å²) in [6, 6.07) is 16.6. The maximum absolute atomic E-state index is 12.2. The Hall–Kier alpha value is -3.28. The van der Waals surface area contributed by atoms with Crippen molar-refractivity contribution in [3.05, 3.63) is 65.9 Å². The molecule has 0 bridgehead atoms. The molecule has 2 aromatic carbocycles. The number of fused-ring (bicyclic) bond motifs is 1. The van der Waals surface area contributed by atoms with Gasteiger partial charge in [-0.3, -0.25) is 4.79 Å². The van der Waals surface area contributed by atoms with Crippen LogP contribution in [-0.2, 0) is 6.54 Å². The second-order valence-electron chi connectivity index (χ2n) is 5.30. The van der Waals surface area contributed by atoms with Crippen LogP contribution in [0.25, 0.3) is 11.3 Å². The second-order valence-corrected chi connectivity index (χ2v) is 5.30. The van der Waals surface area contributed by atoms with Gasteiger partial charge in [-0.2, -0.15) is 0 Å². The van der Waals surface area contributed by atoms with Gasteiger partial charge in [-0.05, 0) is 18.2 Å². The van der Waals surface area contributed by atoms with E-state index in [0.717, 1.165) is 11.3 Å². The largest absolute Gasteiger partial charge is 0.454 e. The fourth-order valence-corrected chi connectivity index (χ4v) is 2.45. The highest BCUT2D eigenvalue weighted by Crippen LogP contribution is 2.32. The molecule has 1 aliphatic heterocycles. The van der Waals surface area contributed by atoms with Crippen LogP contribution < -0.4 is 14.8 Å². The summed E-state index contributed by atoms with van der Waals surface area (Å²) in [6.45, 7) is 0.438. The molecule has 6 heteroatoms. The van der Waals surface area contributed by atoms with E-state index in [1.54, 1.807) is 18.2 Å². The van der Waals surface area contributed by atoms with E-state index in [2.05, 4.69) is 10.5 Å². The molecule has 1 amide bonds. The Bertz CT molecular complexity index is 874. The number of nitrogens with one attached hydrogen (secondary N) is 1. The lowest BCUT2D eigenvalue weighted by Crippen LogP contribution is -2.22. The van der Waals surface area contributed by atoms with Crippen LogP contribution in [0.5, 0.6) is 11.5 Å². The van der Waals surface area contributed by atoms with Gasteiger partial charge in [0.2, 0.25) is 6.79 Å². The fourth-order valence-electron chi connectivity index (χ4n) is 2.45. The molecular formula is C18H14N2O4. The van der Waals surface area contributed by atoms with Crippen LogP contribution in [0.4, 0.5) is 0 Å². The van der Waals surface area contributed by atoms with Crippen LogP contribution in [0.1, 0.15) is 16.1 Å². The van der Waals surface area contributed by atoms with Gasteiger partial charge >= 0.3 is 0 Å². The first-order chi connectivity index (χ1) is 11.8. The van der Waals surface area contributed by atoms with Gasteiger partial charge in [-0.15, -0.1) is 0 Å². The van der Waals surface area contributed by atoms with Crippen molar-refractivity contribution in [1.82, 2.24) is 10.5 Å². The van der Waals surface area contributed by atoms with Crippen molar-refractivity contribution in [2.75, 3.05) is 6.79 Å². The molecule has 0 saturated heterocycles. The predicted octanol–water partition coefficient (Wildman–Crippen LogP) is 3.00. The highest BCUT2D eigenvalue weighted by Gasteiger charge is 2.16. The summed E-state index contributed by atoms with van der Waals surface area (Å²) >= 11 is 0. The van der Waals surface area contributed by atoms with E-state index in [9.17, 15) is 4.79 Å². The van der Waals surface area contributed by atoms with Gasteiger partial charge in [-0.25, -0.2) is 0 Å². The molecule has 1 aromatic heterocycles. The summed E-state index contributed by atoms with van der Waals surface area (Å²) in [5.74, 6) is 1.59. The number of aromatic nitrogens is 1. The minimum Gasteiger partial charge on any atom is -0.454 e. The minimum atomic E-state index is -0.217. The Morgan fingerprint density at radius 2 is 1.88 bits per heavy atom. The third-order valence-corrected chi connectivity index (χ3v) is 3.69. The number of amides is 1. The van der Waals surface area contributed by atoms with Gasteiger partial charge in [0.1, 0.15) is 5.69 Å². The monoisotopic (exact) mass is 322 g/mol. The zero-order valence-electron chi connectivity index (χ0n) is 12.7. The van der Waals surface area contributed by atoms with E-state index in [1.807, 2.05) is 36.4 Å². The van der Waals surface area contributed by atoms with Gasteiger partial charge in [-0.1, -0.05) is 35.5 Å². The van der Waals surface area contributed by atoms with Crippen LogP contribution in [0.15, 0.2) is 59.1 Å². The fraction of sp³-hybridized carbons (Fsp3) is 0.111. The molecule has 0 radical (unpaired) electrons. The molecule has 0 aliphatic carbocycles. The van der Waals surface area contributed by atoms with Crippen LogP contribution in [0.3, 0.4) is 0 Å². The smallest absolute Gasteiger partial charge is 0.251 e. The summed E-state index contributed by atoms with van der Waals surface area (Å²) in [6.07, 6.45) is 0. The Morgan fingerprint density at radius 1 is 1.04 bits per heavy atom. The maximum Gasteiger partial charge on any atom is 0.251 e. The van der Waals surface area contributed by atoms with Gasteiger partial charge in [0, 0.05) is 17.2 Å². The minimum absolute atomic E-state index is 0.181. The van der Waals surface area contributed by atoms with Crippen molar-refractivity contribution < 1.29 is 18.8 Å². The topological polar surface area (TPSA) is 73.6 Å². The number of hydrogen-bond donors (Lipinski definition) is 1. The molecule has 1 N–H and O–H groups in total. The third-order valence-electron chi connectivity index (χ3n) is 3.69. The molecule has 24 heavy (non-hydrogen) atoms. The molecule has 0 saturated carbocycles. The number of carbonyl (C=O) groups is 1. The summed E-state index contributed by atoms with van der Waals surface area (Å²) in [5.41, 5.74) is 2.21. The average molecular weight is 322 g/mol. The molecule has 4 rings (SSSR count). The van der Waals surface area contributed by atoms with Crippen molar-refractivity contribution in [3.63, 3.8) is 0 Å². The van der Waals surface area contributed by atoms with E-state index < -0.39 is 0 Å². The van der Waals surface area contributed by atoms with E-state index in [0.29, 0.717) is 22.8 Å². The molecule has 0 unspecified atom stereocenters. The Morgan fingerprint density at radius 3 is 2.75 bits per heavy atom. The maximum atomic E-state index is 12.2. The highest BCUT2D eigenvalue weighted by atomic mass is 16.7. The molecule has 6 nitrogen and oxygen atoms in total. The van der Waals surface area contributed by atoms with E-state index in [-0.39, 0.29) is 19.2 Å². The number of benzene rings is 2. The third kappa shape index (κ3) is 2.81. The summed E-state index contributed by atoms with van der Waals surface area (Å²) in [7, 11) is 0. The lowest BCUT2D eigenvalue weighted by molar-refractivity contribution is 0.0946. The molecule has 120 valence electrons. The SMILES string of the molecule is O=C(NCc1cc(-c2ccccc2)no1)c1ccc2c(c1)OCO2. The molecule has 0 atom stereocenters. The van der Waals surface area contributed by atoms with Crippen molar-refractivity contribution >= 4 is 5.91 Å². The average Bonchev–Trinajstić information content (AvgIpc) is 3.29. The van der Waals surface area contributed by atoms with Crippen LogP contribution in [0, 0.1) is 0 Å². The molecule has 0 spiro atoms. The number of carbonyl (C=O) groups excluding carboxylic acids is 1. The summed E-state index contributed by atoms with van der Waals surface area (Å²) < 4.78 is 15.8. The first kappa shape index (κ1) is 14.3. The molecule has 3 aromatic rings. The number of hydrogen-bond acceptors (Lipinski definition) is 5. The van der Waals surface area contributed by atoms with E-state index in [4.69, 9.17) is 14.0 Å². The van der Waals surface area contributed by atoms with Crippen molar-refractivity contribution in [3.8, 4) is 22.8 Å². The Kier molecular flexibility index (Phi) is 3.63. The first-order valence-corrected chi connectivity index (χ1v) is 7.48. The lowest BCUT2D eigenvalue weighted by atomic mass is 10.1. The zero-order valence-corrected chi connectivity index (χ0v) is 12.7. The molecule has 2 heterocycles. The normalized spacial score (nSPS) is 12.2. The molecular weight excluding hydrogens is 308 g/mol. The Labute approximate surface area is 138 Å². The first-order valence-electron chi connectivity index (χ1n) is 7.48. The molecule has 1 aliphatic rings. The highest BCUT2D eigenvalue weighted by molar-refractivity contribution is 5.94. The van der Waals surface area contributed by atoms with Gasteiger partial charge in [0.25, 0.3) is 5.91 Å². The Balaban J connectivity index is 1.42. The predicted molar refractivity (Wildman–Crippen MR) is 85.7 cm³/mol. The standard InChI is InChI=1S/C18H14N2O4/c21-18(13-6-7-16-17(8-13)23-11-22-16)19-10-14-9-15(20-24-14)12-4-2-1-3-5-12/h1-9H,10-11H2,(H,19,21). The molecule has 0 fully saturated rings. The van der Waals surface area contributed by atoms with Gasteiger partial charge < -0.3 is 19.3 Å². The van der Waals surface area contributed by atoms with E-state index in [1.165, 1.54) is 0 Å². The van der Waals surface area contributed by atoms with Crippen LogP contribution >= 0.6 is 0 Å². The van der Waals surface area contributed by atoms with Crippen molar-refractivity contribution in [1.29, 1.82) is 0 Å². The quantitative estimate of drug-likeness (QED) is 0.799. The number of nitrogens with zero attached hydrogens (tertiary/aromatic N) is 1. The van der Waals surface area contributed by atoms with Gasteiger partial charge in [0.15, 0.2) is 17.3 Å². The van der Waals surface area contributed by atoms with Crippen molar-refractivity contribution in [2.24, 2.45) is 0 Å². The van der Waals surface area contributed by atoms with Gasteiger partial charge in [0.05, 0.1) is 6.54 Å². The summed E-state index contributed by atoms with van der Waals surface area (Å²) in [5, 5.41) is 6.82. The van der Waals surface area contributed by atoms with E-state index >= 15 is 0 Å².